The highest BCUT2D eigenvalue weighted by atomic mass is 14.8. The molecule has 1 N–H and O–H groups in total. The first-order valence-electron chi connectivity index (χ1n) is 4.90. The fraction of sp³-hybridized carbons (Fsp3) is 0.636. The third-order valence-corrected chi connectivity index (χ3v) is 2.60. The van der Waals surface area contributed by atoms with E-state index in [1.807, 2.05) is 0 Å². The van der Waals surface area contributed by atoms with Gasteiger partial charge in [0.25, 0.3) is 0 Å². The van der Waals surface area contributed by atoms with Crippen molar-refractivity contribution in [1.29, 1.82) is 0 Å². The second kappa shape index (κ2) is 4.34. The van der Waals surface area contributed by atoms with E-state index < -0.39 is 0 Å². The Bertz CT molecular complexity index is 201. The lowest BCUT2D eigenvalue weighted by Crippen LogP contribution is -2.16. The van der Waals surface area contributed by atoms with Gasteiger partial charge in [-0.25, -0.2) is 0 Å². The van der Waals surface area contributed by atoms with Gasteiger partial charge >= 0.3 is 0 Å². The lowest BCUT2D eigenvalue weighted by Gasteiger charge is -2.18. The van der Waals surface area contributed by atoms with Gasteiger partial charge in [-0.05, 0) is 24.3 Å². The Balaban J connectivity index is 2.66. The summed E-state index contributed by atoms with van der Waals surface area (Å²) >= 11 is 0. The molecule has 1 aliphatic heterocycles. The number of hydrogen-bond donors (Lipinski definition) is 1. The molecule has 0 radical (unpaired) electrons. The molecule has 1 nitrogen and oxygen atoms in total. The van der Waals surface area contributed by atoms with Crippen molar-refractivity contribution in [3.05, 3.63) is 23.4 Å². The maximum atomic E-state index is 3.32. The van der Waals surface area contributed by atoms with Crippen LogP contribution in [0.4, 0.5) is 0 Å². The predicted octanol–water partition coefficient (Wildman–Crippen LogP) is 2.86. The van der Waals surface area contributed by atoms with Crippen molar-refractivity contribution in [3.8, 4) is 0 Å². The summed E-state index contributed by atoms with van der Waals surface area (Å²) in [6, 6.07) is 0. The van der Waals surface area contributed by atoms with Crippen LogP contribution in [-0.2, 0) is 0 Å². The van der Waals surface area contributed by atoms with E-state index in [0.717, 1.165) is 6.54 Å². The van der Waals surface area contributed by atoms with Gasteiger partial charge in [0.2, 0.25) is 0 Å². The average Bonchev–Trinajstić information content (AvgIpc) is 2.17. The van der Waals surface area contributed by atoms with Crippen LogP contribution in [0.5, 0.6) is 0 Å². The van der Waals surface area contributed by atoms with E-state index in [4.69, 9.17) is 0 Å². The van der Waals surface area contributed by atoms with Crippen LogP contribution < -0.4 is 5.32 Å². The molecule has 0 aromatic heterocycles. The van der Waals surface area contributed by atoms with Gasteiger partial charge in [0.1, 0.15) is 0 Å². The number of allylic oxidation sites excluding steroid dienone is 2. The van der Waals surface area contributed by atoms with E-state index in [1.54, 1.807) is 0 Å². The number of rotatable bonds is 3. The summed E-state index contributed by atoms with van der Waals surface area (Å²) in [5.41, 5.74) is 2.98. The SMILES string of the molecule is CCC1=CC(C(C)CC)=CNC1. The second-order valence-electron chi connectivity index (χ2n) is 3.49. The molecule has 0 spiro atoms. The number of hydrogen-bond acceptors (Lipinski definition) is 1. The van der Waals surface area contributed by atoms with Crippen molar-refractivity contribution in [2.45, 2.75) is 33.6 Å². The molecule has 1 aliphatic rings. The topological polar surface area (TPSA) is 12.0 Å². The van der Waals surface area contributed by atoms with Gasteiger partial charge < -0.3 is 5.32 Å². The second-order valence-corrected chi connectivity index (χ2v) is 3.49. The van der Waals surface area contributed by atoms with Gasteiger partial charge in [-0.3, -0.25) is 0 Å². The highest BCUT2D eigenvalue weighted by Crippen LogP contribution is 2.19. The highest BCUT2D eigenvalue weighted by Gasteiger charge is 2.08. The van der Waals surface area contributed by atoms with E-state index in [9.17, 15) is 0 Å². The molecule has 0 amide bonds. The Morgan fingerprint density at radius 3 is 2.83 bits per heavy atom. The molecule has 1 heterocycles. The van der Waals surface area contributed by atoms with Crippen LogP contribution in [0.1, 0.15) is 33.6 Å². The quantitative estimate of drug-likeness (QED) is 0.678. The van der Waals surface area contributed by atoms with Gasteiger partial charge in [-0.2, -0.15) is 0 Å². The van der Waals surface area contributed by atoms with E-state index in [0.29, 0.717) is 5.92 Å². The van der Waals surface area contributed by atoms with Gasteiger partial charge in [-0.1, -0.05) is 32.4 Å². The lowest BCUT2D eigenvalue weighted by atomic mass is 9.95. The largest absolute Gasteiger partial charge is 0.387 e. The minimum absolute atomic E-state index is 0.694. The molecule has 68 valence electrons. The summed E-state index contributed by atoms with van der Waals surface area (Å²) in [5.74, 6) is 0.694. The molecule has 0 aromatic rings. The molecule has 1 rings (SSSR count). The first-order valence-corrected chi connectivity index (χ1v) is 4.90. The Hall–Kier alpha value is -0.720. The zero-order valence-corrected chi connectivity index (χ0v) is 8.35. The van der Waals surface area contributed by atoms with E-state index in [2.05, 4.69) is 38.4 Å². The van der Waals surface area contributed by atoms with Crippen molar-refractivity contribution in [3.63, 3.8) is 0 Å². The fourth-order valence-corrected chi connectivity index (χ4v) is 1.38. The minimum Gasteiger partial charge on any atom is -0.387 e. The average molecular weight is 165 g/mol. The summed E-state index contributed by atoms with van der Waals surface area (Å²) < 4.78 is 0. The standard InChI is InChI=1S/C11H19N/c1-4-9(3)11-6-10(5-2)7-12-8-11/h6,8-9,12H,4-5,7H2,1-3H3. The maximum Gasteiger partial charge on any atom is 0.0357 e. The Labute approximate surface area is 75.6 Å². The van der Waals surface area contributed by atoms with Crippen molar-refractivity contribution in [2.75, 3.05) is 6.54 Å². The van der Waals surface area contributed by atoms with Crippen LogP contribution in [0.2, 0.25) is 0 Å². The zero-order chi connectivity index (χ0) is 8.97. The van der Waals surface area contributed by atoms with Crippen molar-refractivity contribution >= 4 is 0 Å². The monoisotopic (exact) mass is 165 g/mol. The Kier molecular flexibility index (Phi) is 3.39. The maximum absolute atomic E-state index is 3.32. The molecule has 0 saturated carbocycles. The lowest BCUT2D eigenvalue weighted by molar-refractivity contribution is 0.653. The van der Waals surface area contributed by atoms with Crippen LogP contribution in [0.3, 0.4) is 0 Å². The predicted molar refractivity (Wildman–Crippen MR) is 53.9 cm³/mol. The van der Waals surface area contributed by atoms with Gasteiger partial charge in [0.15, 0.2) is 0 Å². The minimum atomic E-state index is 0.694. The highest BCUT2D eigenvalue weighted by molar-refractivity contribution is 5.29. The van der Waals surface area contributed by atoms with Gasteiger partial charge in [0, 0.05) is 12.7 Å². The molecule has 0 aliphatic carbocycles. The zero-order valence-electron chi connectivity index (χ0n) is 8.35. The van der Waals surface area contributed by atoms with E-state index in [-0.39, 0.29) is 0 Å². The fourth-order valence-electron chi connectivity index (χ4n) is 1.38. The molecular formula is C11H19N. The number of dihydropyridines is 1. The molecule has 1 atom stereocenters. The molecule has 0 saturated heterocycles. The summed E-state index contributed by atoms with van der Waals surface area (Å²) in [6.07, 6.45) is 6.90. The molecule has 1 heteroatoms. The molecule has 12 heavy (non-hydrogen) atoms. The molecule has 0 bridgehead atoms. The van der Waals surface area contributed by atoms with Gasteiger partial charge in [0.05, 0.1) is 0 Å². The summed E-state index contributed by atoms with van der Waals surface area (Å²) in [6.45, 7) is 7.77. The van der Waals surface area contributed by atoms with Crippen molar-refractivity contribution in [1.82, 2.24) is 5.32 Å². The third kappa shape index (κ3) is 2.13. The summed E-state index contributed by atoms with van der Waals surface area (Å²) in [5, 5.41) is 3.32. The van der Waals surface area contributed by atoms with Gasteiger partial charge in [-0.15, -0.1) is 0 Å². The molecular weight excluding hydrogens is 146 g/mol. The summed E-state index contributed by atoms with van der Waals surface area (Å²) in [7, 11) is 0. The Morgan fingerprint density at radius 1 is 1.50 bits per heavy atom. The normalized spacial score (nSPS) is 19.2. The first kappa shape index (κ1) is 9.37. The molecule has 1 unspecified atom stereocenters. The van der Waals surface area contributed by atoms with E-state index >= 15 is 0 Å². The molecule has 0 fully saturated rings. The summed E-state index contributed by atoms with van der Waals surface area (Å²) in [4.78, 5) is 0. The Morgan fingerprint density at radius 2 is 2.25 bits per heavy atom. The van der Waals surface area contributed by atoms with Crippen LogP contribution in [0, 0.1) is 5.92 Å². The van der Waals surface area contributed by atoms with Crippen molar-refractivity contribution < 1.29 is 0 Å². The van der Waals surface area contributed by atoms with Crippen LogP contribution >= 0.6 is 0 Å². The van der Waals surface area contributed by atoms with Crippen molar-refractivity contribution in [2.24, 2.45) is 5.92 Å². The number of nitrogens with one attached hydrogen (secondary N) is 1. The smallest absolute Gasteiger partial charge is 0.0357 e. The first-order chi connectivity index (χ1) is 5.77. The van der Waals surface area contributed by atoms with Crippen LogP contribution in [0.25, 0.3) is 0 Å². The molecule has 0 aromatic carbocycles. The van der Waals surface area contributed by atoms with Crippen LogP contribution in [0.15, 0.2) is 23.4 Å². The van der Waals surface area contributed by atoms with E-state index in [1.165, 1.54) is 24.0 Å². The van der Waals surface area contributed by atoms with Crippen LogP contribution in [-0.4, -0.2) is 6.54 Å². The third-order valence-electron chi connectivity index (χ3n) is 2.60.